The van der Waals surface area contributed by atoms with Crippen molar-refractivity contribution in [3.05, 3.63) is 0 Å². The first-order valence-corrected chi connectivity index (χ1v) is 1.90. The van der Waals surface area contributed by atoms with Gasteiger partial charge < -0.3 is 0 Å². The van der Waals surface area contributed by atoms with Gasteiger partial charge in [0, 0.05) is 26.2 Å². The number of rotatable bonds is 0. The summed E-state index contributed by atoms with van der Waals surface area (Å²) in [4.78, 5) is 0. The van der Waals surface area contributed by atoms with E-state index in [4.69, 9.17) is 18.6 Å². The summed E-state index contributed by atoms with van der Waals surface area (Å²) in [5, 5.41) is 0. The molecule has 0 spiro atoms. The number of hydrogen-bond donors (Lipinski definition) is 1. The fraction of sp³-hybridized carbons (Fsp3) is 0. The summed E-state index contributed by atoms with van der Waals surface area (Å²) in [7, 11) is -4.69. The summed E-state index contributed by atoms with van der Waals surface area (Å²) in [6.07, 6.45) is 0. The molecular weight excluding hydrogens is 230 g/mol. The zero-order chi connectivity index (χ0) is 4.50. The van der Waals surface area contributed by atoms with Crippen LogP contribution in [0.25, 0.3) is 0 Å². The van der Waals surface area contributed by atoms with Crippen molar-refractivity contribution in [2.24, 2.45) is 0 Å². The van der Waals surface area contributed by atoms with Gasteiger partial charge in [0.25, 0.3) is 0 Å². The monoisotopic (exact) mass is 230 g/mol. The molecule has 0 aromatic carbocycles. The number of hydrogen-bond acceptors (Lipinski definition) is 4. The van der Waals surface area contributed by atoms with Crippen LogP contribution in [0.15, 0.2) is 0 Å². The summed E-state index contributed by atoms with van der Waals surface area (Å²) in [6, 6.07) is 0. The Kier molecular flexibility index (Phi) is 15.8. The molecule has 0 aliphatic carbocycles. The van der Waals surface area contributed by atoms with Crippen LogP contribution in [-0.2, 0) is 26.2 Å². The Labute approximate surface area is 104 Å². The van der Waals surface area contributed by atoms with Crippen LogP contribution in [0.1, 0.15) is 0 Å². The molecule has 0 atom stereocenters. The van der Waals surface area contributed by atoms with E-state index in [1.165, 1.54) is 0 Å². The third kappa shape index (κ3) is 54.5. The normalized spacial score (nSPS) is 8.57. The van der Waals surface area contributed by atoms with E-state index in [0.717, 1.165) is 0 Å². The van der Waals surface area contributed by atoms with Crippen LogP contribution in [0.2, 0.25) is 0 Å². The van der Waals surface area contributed by atoms with Gasteiger partial charge in [0.2, 0.25) is 0 Å². The Bertz CT molecular complexity index is 27.2. The summed E-state index contributed by atoms with van der Waals surface area (Å²) in [5.74, 6) is 0. The fourth-order valence-corrected chi connectivity index (χ4v) is 0. The van der Waals surface area contributed by atoms with Crippen molar-refractivity contribution < 1.29 is 55.1 Å². The van der Waals surface area contributed by atoms with Crippen molar-refractivity contribution in [1.29, 1.82) is 0 Å². The molecule has 4 nitrogen and oxygen atoms in total. The summed E-state index contributed by atoms with van der Waals surface area (Å²) in [5.41, 5.74) is 0. The van der Waals surface area contributed by atoms with Crippen molar-refractivity contribution in [3.63, 3.8) is 0 Å². The molecule has 0 saturated heterocycles. The molecule has 0 aliphatic rings. The zero-order valence-electron chi connectivity index (χ0n) is 2.55. The van der Waals surface area contributed by atoms with Gasteiger partial charge in [0.05, 0.1) is 14.9 Å². The molecule has 0 heterocycles. The Balaban J connectivity index is -0.0000000800. The van der Waals surface area contributed by atoms with Gasteiger partial charge in [-0.1, -0.05) is 0 Å². The van der Waals surface area contributed by atoms with Gasteiger partial charge in [-0.2, -0.15) is 14.0 Å². The van der Waals surface area contributed by atoms with E-state index in [-0.39, 0.29) is 77.6 Å². The molecule has 0 saturated carbocycles. The molecule has 0 aromatic rings. The van der Waals surface area contributed by atoms with Gasteiger partial charge in [0.15, 0.2) is 0 Å². The summed E-state index contributed by atoms with van der Waals surface area (Å²) < 4.78 is 32.7. The van der Waals surface area contributed by atoms with Gasteiger partial charge in [-0.3, -0.25) is 0 Å². The summed E-state index contributed by atoms with van der Waals surface area (Å²) >= 11 is 0. The average molecular weight is 232 g/mol. The average Bonchev–Trinajstić information content (AvgIpc) is 0.722. The van der Waals surface area contributed by atoms with E-state index < -0.39 is 10.2 Å². The Morgan fingerprint density at radius 2 is 1.14 bits per heavy atom. The van der Waals surface area contributed by atoms with Crippen LogP contribution >= 0.6 is 0 Å². The SMILES string of the molecule is [KH].[O-][Cl+3]([O-])([O-])O.[Zr]. The third-order valence-corrected chi connectivity index (χ3v) is 0. The van der Waals surface area contributed by atoms with Crippen LogP contribution in [0, 0.1) is 10.2 Å². The molecule has 0 bridgehead atoms. The molecule has 38 valence electrons. The van der Waals surface area contributed by atoms with Crippen LogP contribution in [-0.4, -0.2) is 56.0 Å². The van der Waals surface area contributed by atoms with Crippen LogP contribution in [0.5, 0.6) is 0 Å². The molecular formula is H2ClKO4Zr. The van der Waals surface area contributed by atoms with E-state index >= 15 is 0 Å². The first-order valence-electron chi connectivity index (χ1n) is 0.632. The Hall–Kier alpha value is 2.65. The maximum atomic E-state index is 8.60. The molecule has 0 aromatic heterocycles. The largest absolute Gasteiger partial charge is 0.183 e. The van der Waals surface area contributed by atoms with Crippen LogP contribution in [0.4, 0.5) is 0 Å². The van der Waals surface area contributed by atoms with E-state index in [0.29, 0.717) is 0 Å². The molecule has 0 rings (SSSR count). The minimum absolute atomic E-state index is 0. The second-order valence-electron chi connectivity index (χ2n) is 0.396. The molecule has 0 fully saturated rings. The third-order valence-electron chi connectivity index (χ3n) is 0. The van der Waals surface area contributed by atoms with Crippen molar-refractivity contribution in [2.75, 3.05) is 0 Å². The maximum Gasteiger partial charge on any atom is 0.0777 e. The van der Waals surface area contributed by atoms with Crippen molar-refractivity contribution in [2.45, 2.75) is 0 Å². The zero-order valence-corrected chi connectivity index (χ0v) is 5.76. The molecule has 0 unspecified atom stereocenters. The summed E-state index contributed by atoms with van der Waals surface area (Å²) in [6.45, 7) is 0. The topological polar surface area (TPSA) is 89.4 Å². The van der Waals surface area contributed by atoms with Crippen molar-refractivity contribution >= 4 is 51.4 Å². The van der Waals surface area contributed by atoms with Crippen molar-refractivity contribution in [1.82, 2.24) is 0 Å². The van der Waals surface area contributed by atoms with Gasteiger partial charge >= 0.3 is 51.4 Å². The first kappa shape index (κ1) is 16.3. The quantitative estimate of drug-likeness (QED) is 0.424. The second-order valence-corrected chi connectivity index (χ2v) is 1.19. The predicted molar refractivity (Wildman–Crippen MR) is 9.37 cm³/mol. The van der Waals surface area contributed by atoms with E-state index in [1.54, 1.807) is 0 Å². The minimum atomic E-state index is -4.69. The standard InChI is InChI=1S/ClHO4.K.Zr.H/c2-1(3,4)5;;;/h(H,2,3,4,5);;;. The maximum absolute atomic E-state index is 8.60. The second kappa shape index (κ2) is 6.77. The van der Waals surface area contributed by atoms with Gasteiger partial charge in [-0.25, -0.2) is 0 Å². The van der Waals surface area contributed by atoms with Gasteiger partial charge in [0.1, 0.15) is 0 Å². The number of halogens is 1. The Morgan fingerprint density at radius 1 is 1.14 bits per heavy atom. The Morgan fingerprint density at radius 3 is 1.14 bits per heavy atom. The predicted octanol–water partition coefficient (Wildman–Crippen LogP) is -4.77. The van der Waals surface area contributed by atoms with E-state index in [9.17, 15) is 0 Å². The molecule has 0 aliphatic heterocycles. The first-order chi connectivity index (χ1) is 2.00. The smallest absolute Gasteiger partial charge is 0.0777 e. The van der Waals surface area contributed by atoms with Gasteiger partial charge in [-0.05, 0) is 0 Å². The minimum Gasteiger partial charge on any atom is -0.183 e. The fourth-order valence-electron chi connectivity index (χ4n) is 0. The van der Waals surface area contributed by atoms with Gasteiger partial charge in [-0.15, -0.1) is 0 Å². The van der Waals surface area contributed by atoms with Crippen LogP contribution in [0.3, 0.4) is 0 Å². The van der Waals surface area contributed by atoms with E-state index in [2.05, 4.69) is 0 Å². The molecule has 7 heteroatoms. The molecule has 7 heavy (non-hydrogen) atoms. The van der Waals surface area contributed by atoms with Crippen molar-refractivity contribution in [3.8, 4) is 0 Å². The van der Waals surface area contributed by atoms with E-state index in [1.807, 2.05) is 0 Å². The van der Waals surface area contributed by atoms with Crippen LogP contribution < -0.4 is 14.0 Å². The molecule has 0 amide bonds. The molecule has 1 N–H and O–H groups in total. The molecule has 0 radical (unpaired) electrons.